The molecule has 0 aromatic carbocycles. The van der Waals surface area contributed by atoms with Gasteiger partial charge in [0.05, 0.1) is 5.69 Å². The first kappa shape index (κ1) is 14.3. The molecule has 0 saturated heterocycles. The minimum absolute atomic E-state index is 0.0323. The van der Waals surface area contributed by atoms with E-state index in [4.69, 9.17) is 5.73 Å². The summed E-state index contributed by atoms with van der Waals surface area (Å²) in [6.45, 7) is 6.52. The molecule has 21 heavy (non-hydrogen) atoms. The zero-order valence-electron chi connectivity index (χ0n) is 13.1. The van der Waals surface area contributed by atoms with E-state index in [-0.39, 0.29) is 11.5 Å². The van der Waals surface area contributed by atoms with Gasteiger partial charge in [0.1, 0.15) is 5.52 Å². The molecule has 5 heteroatoms. The Labute approximate surface area is 125 Å². The number of fused-ring (bicyclic) bond motifs is 1. The number of aromatic nitrogens is 3. The maximum atomic E-state index is 6.23. The molecule has 1 aliphatic rings. The molecule has 1 fully saturated rings. The lowest BCUT2D eigenvalue weighted by molar-refractivity contribution is 0.403. The Balaban J connectivity index is 1.93. The highest BCUT2D eigenvalue weighted by Crippen LogP contribution is 2.26. The highest BCUT2D eigenvalue weighted by Gasteiger charge is 2.24. The van der Waals surface area contributed by atoms with E-state index < -0.39 is 0 Å². The van der Waals surface area contributed by atoms with Crippen LogP contribution in [0, 0.1) is 0 Å². The van der Waals surface area contributed by atoms with E-state index in [1.165, 1.54) is 12.8 Å². The Morgan fingerprint density at radius 2 is 2.05 bits per heavy atom. The number of rotatable bonds is 2. The summed E-state index contributed by atoms with van der Waals surface area (Å²) in [4.78, 5) is 4.50. The Morgan fingerprint density at radius 3 is 2.76 bits per heavy atom. The molecule has 114 valence electrons. The van der Waals surface area contributed by atoms with Crippen LogP contribution in [0.25, 0.3) is 5.52 Å². The second-order valence-electron chi connectivity index (χ2n) is 7.08. The van der Waals surface area contributed by atoms with Crippen LogP contribution in [0.5, 0.6) is 0 Å². The Bertz CT molecular complexity index is 625. The van der Waals surface area contributed by atoms with Gasteiger partial charge in [-0.15, -0.1) is 0 Å². The lowest BCUT2D eigenvalue weighted by Gasteiger charge is -2.29. The van der Waals surface area contributed by atoms with Crippen LogP contribution in [0.2, 0.25) is 0 Å². The third-order valence-corrected chi connectivity index (χ3v) is 4.30. The molecule has 3 rings (SSSR count). The fourth-order valence-corrected chi connectivity index (χ4v) is 2.91. The van der Waals surface area contributed by atoms with Gasteiger partial charge in [-0.05, 0) is 18.9 Å². The van der Waals surface area contributed by atoms with E-state index in [1.807, 2.05) is 10.7 Å². The van der Waals surface area contributed by atoms with E-state index in [1.54, 1.807) is 6.20 Å². The van der Waals surface area contributed by atoms with Gasteiger partial charge in [-0.25, -0.2) is 9.50 Å². The summed E-state index contributed by atoms with van der Waals surface area (Å²) >= 11 is 0. The molecular weight excluding hydrogens is 262 g/mol. The van der Waals surface area contributed by atoms with Gasteiger partial charge in [0.2, 0.25) is 0 Å². The van der Waals surface area contributed by atoms with Crippen LogP contribution in [-0.2, 0) is 5.41 Å². The topological polar surface area (TPSA) is 68.2 Å². The summed E-state index contributed by atoms with van der Waals surface area (Å²) < 4.78 is 1.91. The molecule has 2 heterocycles. The van der Waals surface area contributed by atoms with Crippen molar-refractivity contribution < 1.29 is 0 Å². The van der Waals surface area contributed by atoms with E-state index in [9.17, 15) is 0 Å². The zero-order valence-corrected chi connectivity index (χ0v) is 13.1. The van der Waals surface area contributed by atoms with E-state index >= 15 is 0 Å². The number of anilines is 1. The minimum Gasteiger partial charge on any atom is -0.364 e. The average Bonchev–Trinajstić information content (AvgIpc) is 2.86. The molecule has 2 atom stereocenters. The monoisotopic (exact) mass is 287 g/mol. The lowest BCUT2D eigenvalue weighted by Crippen LogP contribution is -2.42. The molecule has 1 saturated carbocycles. The van der Waals surface area contributed by atoms with Crippen LogP contribution in [0.3, 0.4) is 0 Å². The first-order chi connectivity index (χ1) is 9.95. The third-order valence-electron chi connectivity index (χ3n) is 4.30. The summed E-state index contributed by atoms with van der Waals surface area (Å²) in [5.74, 6) is 0.892. The molecule has 0 aliphatic heterocycles. The second kappa shape index (κ2) is 5.30. The van der Waals surface area contributed by atoms with Crippen molar-refractivity contribution in [1.82, 2.24) is 14.6 Å². The van der Waals surface area contributed by atoms with Crippen molar-refractivity contribution in [2.24, 2.45) is 5.73 Å². The van der Waals surface area contributed by atoms with Crippen molar-refractivity contribution in [2.75, 3.05) is 5.32 Å². The van der Waals surface area contributed by atoms with Gasteiger partial charge in [-0.2, -0.15) is 5.10 Å². The number of hydrogen-bond donors (Lipinski definition) is 2. The molecule has 2 aromatic heterocycles. The number of nitrogens with one attached hydrogen (secondary N) is 1. The SMILES string of the molecule is CC(C)(C)c1cc2c(N[C@@H]3CCCC[C@H]3N)nccn2n1. The van der Waals surface area contributed by atoms with Crippen LogP contribution in [0.4, 0.5) is 5.82 Å². The summed E-state index contributed by atoms with van der Waals surface area (Å²) in [7, 11) is 0. The van der Waals surface area contributed by atoms with Gasteiger partial charge in [-0.1, -0.05) is 33.6 Å². The maximum Gasteiger partial charge on any atom is 0.152 e. The normalized spacial score (nSPS) is 23.4. The smallest absolute Gasteiger partial charge is 0.152 e. The van der Waals surface area contributed by atoms with Crippen molar-refractivity contribution >= 4 is 11.3 Å². The van der Waals surface area contributed by atoms with Crippen LogP contribution < -0.4 is 11.1 Å². The van der Waals surface area contributed by atoms with Gasteiger partial charge in [0.25, 0.3) is 0 Å². The first-order valence-electron chi connectivity index (χ1n) is 7.82. The molecule has 1 aliphatic carbocycles. The highest BCUT2D eigenvalue weighted by atomic mass is 15.2. The van der Waals surface area contributed by atoms with Gasteiger partial charge < -0.3 is 11.1 Å². The molecule has 0 amide bonds. The van der Waals surface area contributed by atoms with Gasteiger partial charge in [-0.3, -0.25) is 0 Å². The van der Waals surface area contributed by atoms with Crippen LogP contribution >= 0.6 is 0 Å². The molecule has 0 radical (unpaired) electrons. The van der Waals surface area contributed by atoms with E-state index in [0.29, 0.717) is 6.04 Å². The largest absolute Gasteiger partial charge is 0.364 e. The van der Waals surface area contributed by atoms with E-state index in [0.717, 1.165) is 29.9 Å². The number of nitrogens with zero attached hydrogens (tertiary/aromatic N) is 3. The van der Waals surface area contributed by atoms with Gasteiger partial charge in [0, 0.05) is 29.9 Å². The predicted molar refractivity (Wildman–Crippen MR) is 85.5 cm³/mol. The molecular formula is C16H25N5. The molecule has 0 unspecified atom stereocenters. The van der Waals surface area contributed by atoms with Crippen molar-refractivity contribution in [3.63, 3.8) is 0 Å². The van der Waals surface area contributed by atoms with Crippen LogP contribution in [0.1, 0.15) is 52.1 Å². The fraction of sp³-hybridized carbons (Fsp3) is 0.625. The predicted octanol–water partition coefficient (Wildman–Crippen LogP) is 2.71. The standard InChI is InChI=1S/C16H25N5/c1-16(2,3)14-10-13-15(18-8-9-21(13)20-14)19-12-7-5-4-6-11(12)17/h8-12H,4-7,17H2,1-3H3,(H,18,19)/t11-,12-/m1/s1. The second-order valence-corrected chi connectivity index (χ2v) is 7.08. The average molecular weight is 287 g/mol. The summed E-state index contributed by atoms with van der Waals surface area (Å²) in [5.41, 5.74) is 8.37. The fourth-order valence-electron chi connectivity index (χ4n) is 2.91. The molecule has 5 nitrogen and oxygen atoms in total. The van der Waals surface area contributed by atoms with Crippen LogP contribution in [0.15, 0.2) is 18.5 Å². The Hall–Kier alpha value is -1.62. The zero-order chi connectivity index (χ0) is 15.0. The highest BCUT2D eigenvalue weighted by molar-refractivity contribution is 5.68. The quantitative estimate of drug-likeness (QED) is 0.891. The van der Waals surface area contributed by atoms with Gasteiger partial charge in [0.15, 0.2) is 5.82 Å². The number of nitrogens with two attached hydrogens (primary N) is 1. The van der Waals surface area contributed by atoms with E-state index in [2.05, 4.69) is 42.2 Å². The Kier molecular flexibility index (Phi) is 3.61. The first-order valence-corrected chi connectivity index (χ1v) is 7.82. The van der Waals surface area contributed by atoms with Crippen molar-refractivity contribution in [3.05, 3.63) is 24.2 Å². The van der Waals surface area contributed by atoms with Crippen molar-refractivity contribution in [2.45, 2.75) is 64.0 Å². The molecule has 2 aromatic rings. The molecule has 0 bridgehead atoms. The van der Waals surface area contributed by atoms with Gasteiger partial charge >= 0.3 is 0 Å². The lowest BCUT2D eigenvalue weighted by atomic mass is 9.91. The minimum atomic E-state index is 0.0323. The Morgan fingerprint density at radius 1 is 1.29 bits per heavy atom. The van der Waals surface area contributed by atoms with Crippen molar-refractivity contribution in [3.8, 4) is 0 Å². The van der Waals surface area contributed by atoms with Crippen molar-refractivity contribution in [1.29, 1.82) is 0 Å². The third kappa shape index (κ3) is 2.88. The maximum absolute atomic E-state index is 6.23. The molecule has 3 N–H and O–H groups in total. The summed E-state index contributed by atoms with van der Waals surface area (Å²) in [6, 6.07) is 2.65. The summed E-state index contributed by atoms with van der Waals surface area (Å²) in [6.07, 6.45) is 8.37. The summed E-state index contributed by atoms with van der Waals surface area (Å²) in [5, 5.41) is 8.20. The van der Waals surface area contributed by atoms with Crippen LogP contribution in [-0.4, -0.2) is 26.7 Å². The molecule has 0 spiro atoms. The number of hydrogen-bond acceptors (Lipinski definition) is 4.